The number of hydrogen-bond donors (Lipinski definition) is 0. The summed E-state index contributed by atoms with van der Waals surface area (Å²) in [5.41, 5.74) is -0.428. The lowest BCUT2D eigenvalue weighted by atomic mass is 9.77. The van der Waals surface area contributed by atoms with E-state index in [0.717, 1.165) is 27.9 Å². The van der Waals surface area contributed by atoms with E-state index in [1.165, 1.54) is 36.4 Å². The van der Waals surface area contributed by atoms with E-state index >= 15 is 0 Å². The first kappa shape index (κ1) is 39.7. The van der Waals surface area contributed by atoms with Gasteiger partial charge in [0.05, 0.1) is 12.7 Å². The molecule has 0 bridgehead atoms. The molecule has 0 amide bonds. The maximum atomic E-state index is 13.5. The summed E-state index contributed by atoms with van der Waals surface area (Å²) in [7, 11) is -8.35. The van der Waals surface area contributed by atoms with E-state index in [4.69, 9.17) is 36.6 Å². The van der Waals surface area contributed by atoms with Crippen LogP contribution >= 0.6 is 15.6 Å². The van der Waals surface area contributed by atoms with Gasteiger partial charge in [-0.2, -0.15) is 0 Å². The van der Waals surface area contributed by atoms with Crippen molar-refractivity contribution in [3.63, 3.8) is 0 Å². The van der Waals surface area contributed by atoms with Crippen molar-refractivity contribution in [3.05, 3.63) is 82.9 Å². The smallest absolute Gasteiger partial charge is 0.456 e. The molecule has 20 nitrogen and oxygen atoms in total. The van der Waals surface area contributed by atoms with Crippen molar-refractivity contribution in [1.29, 1.82) is 0 Å². The number of carbonyl (C=O) groups excluding carboxylic acids is 5. The summed E-state index contributed by atoms with van der Waals surface area (Å²) >= 11 is 0. The number of esters is 4. The van der Waals surface area contributed by atoms with Gasteiger partial charge in [-0.15, -0.1) is 0 Å². The van der Waals surface area contributed by atoms with Crippen molar-refractivity contribution in [1.82, 2.24) is 0 Å². The molecule has 3 aromatic rings. The summed E-state index contributed by atoms with van der Waals surface area (Å²) in [6.45, 7) is -0.321. The number of methoxy groups -OCH3 is 1. The van der Waals surface area contributed by atoms with Crippen LogP contribution in [0.5, 0.6) is 23.0 Å². The van der Waals surface area contributed by atoms with Crippen LogP contribution < -0.4 is 13.8 Å². The van der Waals surface area contributed by atoms with Gasteiger partial charge in [0.2, 0.25) is 27.2 Å². The van der Waals surface area contributed by atoms with Gasteiger partial charge in [0.25, 0.3) is 0 Å². The van der Waals surface area contributed by atoms with Gasteiger partial charge in [0, 0.05) is 49.6 Å². The highest BCUT2D eigenvalue weighted by molar-refractivity contribution is 7.49. The fourth-order valence-electron chi connectivity index (χ4n) is 4.91. The summed E-state index contributed by atoms with van der Waals surface area (Å²) < 4.78 is 93.6. The molecule has 2 unspecified atom stereocenters. The Morgan fingerprint density at radius 3 is 1.52 bits per heavy atom. The lowest BCUT2D eigenvalue weighted by Gasteiger charge is -2.36. The fraction of sp³-hybridized carbons (Fsp3) is 0.281. The molecule has 0 aromatic heterocycles. The molecule has 0 saturated heterocycles. The van der Waals surface area contributed by atoms with Crippen LogP contribution in [-0.2, 0) is 75.6 Å². The quantitative estimate of drug-likeness (QED) is 0.0742. The van der Waals surface area contributed by atoms with Gasteiger partial charge < -0.3 is 42.2 Å². The number of benzene rings is 3. The first-order valence-electron chi connectivity index (χ1n) is 15.2. The zero-order valence-corrected chi connectivity index (χ0v) is 30.5. The molecule has 54 heavy (non-hydrogen) atoms. The monoisotopic (exact) mass is 796 g/mol. The Hall–Kier alpha value is -5.49. The van der Waals surface area contributed by atoms with Gasteiger partial charge in [0.1, 0.15) is 23.0 Å². The lowest BCUT2D eigenvalue weighted by molar-refractivity contribution is -0.151. The Labute approximate surface area is 305 Å². The second-order valence-electron chi connectivity index (χ2n) is 10.6. The van der Waals surface area contributed by atoms with Crippen LogP contribution in [0.3, 0.4) is 0 Å². The molecule has 0 aliphatic carbocycles. The Balaban J connectivity index is 1.53. The molecule has 2 aliphatic heterocycles. The number of rotatable bonds is 16. The van der Waals surface area contributed by atoms with Gasteiger partial charge in [0.15, 0.2) is 5.60 Å². The lowest BCUT2D eigenvalue weighted by Crippen LogP contribution is -2.33. The van der Waals surface area contributed by atoms with E-state index in [-0.39, 0.29) is 39.7 Å². The minimum atomic E-state index is -4.72. The number of phosphoric ester groups is 2. The first-order chi connectivity index (χ1) is 25.7. The summed E-state index contributed by atoms with van der Waals surface area (Å²) in [6, 6.07) is 14.6. The molecule has 2 heterocycles. The maximum Gasteiger partial charge on any atom is 0.535 e. The van der Waals surface area contributed by atoms with Crippen LogP contribution in [-0.4, -0.2) is 64.3 Å². The molecular weight excluding hydrogens is 766 g/mol. The maximum absolute atomic E-state index is 13.5. The van der Waals surface area contributed by atoms with Gasteiger partial charge >= 0.3 is 45.7 Å². The highest BCUT2D eigenvalue weighted by Gasteiger charge is 2.54. The highest BCUT2D eigenvalue weighted by atomic mass is 31.2. The normalized spacial score (nSPS) is 16.3. The summed E-state index contributed by atoms with van der Waals surface area (Å²) in [6.07, 6.45) is -1.18. The SMILES string of the molecule is COC(=O)OCOP(=O)(OCOC(C)=O)Oc1ccc2c(c1)Oc1cc(OP(=O)(OCOC(C)=O)OCOC(C)=O)ccc1C21OC(=O)c2ccccc21. The summed E-state index contributed by atoms with van der Waals surface area (Å²) in [5.74, 6) is -3.46. The first-order valence-corrected chi connectivity index (χ1v) is 18.2. The molecule has 3 aromatic carbocycles. The van der Waals surface area contributed by atoms with Crippen molar-refractivity contribution in [2.24, 2.45) is 0 Å². The molecule has 2 aliphatic rings. The molecule has 1 spiro atoms. The van der Waals surface area contributed by atoms with Crippen LogP contribution in [0, 0.1) is 0 Å². The van der Waals surface area contributed by atoms with Gasteiger partial charge in [-0.1, -0.05) is 18.2 Å². The molecule has 0 N–H and O–H groups in total. The third-order valence-electron chi connectivity index (χ3n) is 7.06. The zero-order valence-electron chi connectivity index (χ0n) is 28.7. The van der Waals surface area contributed by atoms with Crippen molar-refractivity contribution in [2.75, 3.05) is 34.3 Å². The van der Waals surface area contributed by atoms with Crippen molar-refractivity contribution in [2.45, 2.75) is 26.4 Å². The van der Waals surface area contributed by atoms with E-state index in [1.807, 2.05) is 0 Å². The molecule has 0 fully saturated rings. The topological polar surface area (TPSA) is 239 Å². The molecule has 0 radical (unpaired) electrons. The highest BCUT2D eigenvalue weighted by Crippen LogP contribution is 2.59. The fourth-order valence-corrected chi connectivity index (χ4v) is 6.74. The Kier molecular flexibility index (Phi) is 12.3. The van der Waals surface area contributed by atoms with Crippen LogP contribution in [0.2, 0.25) is 0 Å². The Bertz CT molecular complexity index is 2020. The molecule has 0 saturated carbocycles. The van der Waals surface area contributed by atoms with Crippen LogP contribution in [0.4, 0.5) is 4.79 Å². The standard InChI is InChI=1S/C32H30O20P2/c1-19(33)41-15-45-53(38,46-16-42-20(2)34)51-22-9-11-26-28(13-22)49-29-14-23(52-54(39,47-17-43-21(3)35)48-18-44-31(37)40-4)10-12-27(29)32(26)25-8-6-5-7-24(25)30(36)50-32/h5-14H,15-18H2,1-4H3. The average molecular weight is 797 g/mol. The van der Waals surface area contributed by atoms with Crippen LogP contribution in [0.25, 0.3) is 0 Å². The second-order valence-corrected chi connectivity index (χ2v) is 13.8. The minimum absolute atomic E-state index is 0.0230. The van der Waals surface area contributed by atoms with Crippen LogP contribution in [0.15, 0.2) is 60.7 Å². The van der Waals surface area contributed by atoms with Gasteiger partial charge in [-0.25, -0.2) is 36.8 Å². The summed E-state index contributed by atoms with van der Waals surface area (Å²) in [5, 5.41) is 0. The van der Waals surface area contributed by atoms with Crippen molar-refractivity contribution in [3.8, 4) is 23.0 Å². The third-order valence-corrected chi connectivity index (χ3v) is 9.62. The van der Waals surface area contributed by atoms with Crippen LogP contribution in [0.1, 0.15) is 47.8 Å². The minimum Gasteiger partial charge on any atom is -0.456 e. The number of hydrogen-bond acceptors (Lipinski definition) is 20. The molecule has 2 atom stereocenters. The summed E-state index contributed by atoms with van der Waals surface area (Å²) in [4.78, 5) is 58.5. The number of fused-ring (bicyclic) bond motifs is 6. The predicted molar refractivity (Wildman–Crippen MR) is 174 cm³/mol. The molecular formula is C32H30O20P2. The van der Waals surface area contributed by atoms with E-state index < -0.39 is 78.5 Å². The number of phosphoric acid groups is 2. The van der Waals surface area contributed by atoms with Crippen molar-refractivity contribution >= 4 is 45.7 Å². The van der Waals surface area contributed by atoms with Crippen molar-refractivity contribution < 1.29 is 93.4 Å². The van der Waals surface area contributed by atoms with Gasteiger partial charge in [-0.05, 0) is 30.3 Å². The zero-order chi connectivity index (χ0) is 39.1. The van der Waals surface area contributed by atoms with Gasteiger partial charge in [-0.3, -0.25) is 14.4 Å². The number of carbonyl (C=O) groups is 5. The second kappa shape index (κ2) is 16.7. The molecule has 5 rings (SSSR count). The number of ether oxygens (including phenoxy) is 7. The van der Waals surface area contributed by atoms with E-state index in [9.17, 15) is 33.1 Å². The average Bonchev–Trinajstić information content (AvgIpc) is 3.39. The van der Waals surface area contributed by atoms with E-state index in [2.05, 4.69) is 23.7 Å². The van der Waals surface area contributed by atoms with E-state index in [1.54, 1.807) is 24.3 Å². The Morgan fingerprint density at radius 2 is 1.07 bits per heavy atom. The predicted octanol–water partition coefficient (Wildman–Crippen LogP) is 5.60. The molecule has 288 valence electrons. The largest absolute Gasteiger partial charge is 0.535 e. The Morgan fingerprint density at radius 1 is 0.630 bits per heavy atom. The third kappa shape index (κ3) is 9.17. The van der Waals surface area contributed by atoms with E-state index in [0.29, 0.717) is 5.56 Å². The molecule has 22 heteroatoms.